The van der Waals surface area contributed by atoms with E-state index < -0.39 is 0 Å². The smallest absolute Gasteiger partial charge is 0.268 e. The van der Waals surface area contributed by atoms with Crippen LogP contribution >= 0.6 is 0 Å². The SMILES string of the molecule is CCCN(C)c1cnn(CCC2CCNCC2)c(=O)c1. The van der Waals surface area contributed by atoms with Gasteiger partial charge in [-0.1, -0.05) is 6.92 Å². The molecule has 1 N–H and O–H groups in total. The minimum absolute atomic E-state index is 0.0133. The van der Waals surface area contributed by atoms with Crippen LogP contribution in [0.25, 0.3) is 0 Å². The summed E-state index contributed by atoms with van der Waals surface area (Å²) in [4.78, 5) is 14.2. The third kappa shape index (κ3) is 4.07. The Morgan fingerprint density at radius 3 is 2.85 bits per heavy atom. The van der Waals surface area contributed by atoms with Crippen molar-refractivity contribution in [1.29, 1.82) is 0 Å². The summed E-state index contributed by atoms with van der Waals surface area (Å²) in [5.41, 5.74) is 0.925. The highest BCUT2D eigenvalue weighted by molar-refractivity contribution is 5.41. The Kier molecular flexibility index (Phi) is 5.59. The second-order valence-electron chi connectivity index (χ2n) is 5.68. The van der Waals surface area contributed by atoms with Gasteiger partial charge in [0.15, 0.2) is 0 Å². The average Bonchev–Trinajstić information content (AvgIpc) is 2.47. The van der Waals surface area contributed by atoms with Crippen LogP contribution in [0.1, 0.15) is 32.6 Å². The highest BCUT2D eigenvalue weighted by atomic mass is 16.1. The fourth-order valence-electron chi connectivity index (χ4n) is 2.74. The molecule has 1 aliphatic rings. The molecule has 20 heavy (non-hydrogen) atoms. The van der Waals surface area contributed by atoms with Crippen LogP contribution in [0.15, 0.2) is 17.1 Å². The van der Waals surface area contributed by atoms with E-state index in [-0.39, 0.29) is 5.56 Å². The van der Waals surface area contributed by atoms with Crippen LogP contribution in [0.4, 0.5) is 5.69 Å². The van der Waals surface area contributed by atoms with Gasteiger partial charge in [-0.2, -0.15) is 5.10 Å². The summed E-state index contributed by atoms with van der Waals surface area (Å²) in [5, 5.41) is 7.68. The van der Waals surface area contributed by atoms with Crippen LogP contribution in [0.2, 0.25) is 0 Å². The van der Waals surface area contributed by atoms with E-state index in [0.29, 0.717) is 0 Å². The van der Waals surface area contributed by atoms with Crippen molar-refractivity contribution >= 4 is 5.69 Å². The van der Waals surface area contributed by atoms with Gasteiger partial charge in [-0.25, -0.2) is 4.68 Å². The van der Waals surface area contributed by atoms with Gasteiger partial charge in [0.1, 0.15) is 0 Å². The Morgan fingerprint density at radius 1 is 1.45 bits per heavy atom. The molecule has 1 aromatic heterocycles. The van der Waals surface area contributed by atoms with E-state index in [4.69, 9.17) is 0 Å². The molecule has 0 radical (unpaired) electrons. The third-order valence-corrected chi connectivity index (χ3v) is 4.06. The van der Waals surface area contributed by atoms with Crippen molar-refractivity contribution in [2.45, 2.75) is 39.2 Å². The molecule has 1 saturated heterocycles. The van der Waals surface area contributed by atoms with Gasteiger partial charge in [-0.15, -0.1) is 0 Å². The molecule has 0 unspecified atom stereocenters. The van der Waals surface area contributed by atoms with Gasteiger partial charge in [-0.05, 0) is 44.7 Å². The molecular formula is C15H26N4O. The fraction of sp³-hybridized carbons (Fsp3) is 0.733. The van der Waals surface area contributed by atoms with Gasteiger partial charge < -0.3 is 10.2 Å². The number of anilines is 1. The van der Waals surface area contributed by atoms with Crippen LogP contribution in [0.5, 0.6) is 0 Å². The lowest BCUT2D eigenvalue weighted by atomic mass is 9.95. The molecule has 0 bridgehead atoms. The Labute approximate surface area is 121 Å². The quantitative estimate of drug-likeness (QED) is 0.856. The van der Waals surface area contributed by atoms with Gasteiger partial charge in [0.2, 0.25) is 0 Å². The maximum Gasteiger partial charge on any atom is 0.268 e. The number of aromatic nitrogens is 2. The second kappa shape index (κ2) is 7.43. The molecule has 0 spiro atoms. The summed E-state index contributed by atoms with van der Waals surface area (Å²) >= 11 is 0. The molecule has 0 amide bonds. The first-order valence-corrected chi connectivity index (χ1v) is 7.69. The predicted octanol–water partition coefficient (Wildman–Crippen LogP) is 1.48. The number of aryl methyl sites for hydroxylation is 1. The van der Waals surface area contributed by atoms with E-state index in [2.05, 4.69) is 22.2 Å². The van der Waals surface area contributed by atoms with Gasteiger partial charge >= 0.3 is 0 Å². The van der Waals surface area contributed by atoms with Crippen molar-refractivity contribution in [2.24, 2.45) is 5.92 Å². The van der Waals surface area contributed by atoms with Gasteiger partial charge in [0.05, 0.1) is 11.9 Å². The highest BCUT2D eigenvalue weighted by Gasteiger charge is 2.13. The van der Waals surface area contributed by atoms with Crippen LogP contribution in [0.3, 0.4) is 0 Å². The van der Waals surface area contributed by atoms with Crippen molar-refractivity contribution in [3.8, 4) is 0 Å². The molecule has 0 saturated carbocycles. The number of piperidine rings is 1. The average molecular weight is 278 g/mol. The zero-order valence-electron chi connectivity index (χ0n) is 12.6. The summed E-state index contributed by atoms with van der Waals surface area (Å²) in [6.45, 7) is 6.02. The molecule has 2 heterocycles. The van der Waals surface area contributed by atoms with Crippen molar-refractivity contribution in [3.63, 3.8) is 0 Å². The topological polar surface area (TPSA) is 50.2 Å². The lowest BCUT2D eigenvalue weighted by Gasteiger charge is -2.22. The summed E-state index contributed by atoms with van der Waals surface area (Å²) in [6, 6.07) is 1.70. The zero-order chi connectivity index (χ0) is 14.4. The number of nitrogens with zero attached hydrogens (tertiary/aromatic N) is 3. The van der Waals surface area contributed by atoms with Gasteiger partial charge in [0.25, 0.3) is 5.56 Å². The van der Waals surface area contributed by atoms with E-state index in [0.717, 1.165) is 50.6 Å². The minimum atomic E-state index is 0.0133. The van der Waals surface area contributed by atoms with E-state index in [1.807, 2.05) is 7.05 Å². The Hall–Kier alpha value is -1.36. The second-order valence-corrected chi connectivity index (χ2v) is 5.68. The van der Waals surface area contributed by atoms with Crippen molar-refractivity contribution in [2.75, 3.05) is 31.6 Å². The summed E-state index contributed by atoms with van der Waals surface area (Å²) < 4.78 is 1.60. The first-order chi connectivity index (χ1) is 9.70. The summed E-state index contributed by atoms with van der Waals surface area (Å²) in [6.07, 6.45) is 6.35. The van der Waals surface area contributed by atoms with Crippen molar-refractivity contribution in [1.82, 2.24) is 15.1 Å². The molecular weight excluding hydrogens is 252 g/mol. The maximum atomic E-state index is 12.1. The van der Waals surface area contributed by atoms with Gasteiger partial charge in [-0.3, -0.25) is 4.79 Å². The third-order valence-electron chi connectivity index (χ3n) is 4.06. The lowest BCUT2D eigenvalue weighted by molar-refractivity contribution is 0.329. The van der Waals surface area contributed by atoms with Gasteiger partial charge in [0, 0.05) is 26.2 Å². The zero-order valence-corrected chi connectivity index (χ0v) is 12.6. The summed E-state index contributed by atoms with van der Waals surface area (Å²) in [5.74, 6) is 0.729. The van der Waals surface area contributed by atoms with E-state index in [9.17, 15) is 4.79 Å². The van der Waals surface area contributed by atoms with Crippen LogP contribution in [-0.4, -0.2) is 36.5 Å². The monoisotopic (exact) mass is 278 g/mol. The molecule has 0 aliphatic carbocycles. The maximum absolute atomic E-state index is 12.1. The van der Waals surface area contributed by atoms with E-state index in [1.54, 1.807) is 16.9 Å². The van der Waals surface area contributed by atoms with Crippen LogP contribution in [0, 0.1) is 5.92 Å². The Morgan fingerprint density at radius 2 is 2.20 bits per heavy atom. The minimum Gasteiger partial charge on any atom is -0.373 e. The van der Waals surface area contributed by atoms with Crippen LogP contribution < -0.4 is 15.8 Å². The largest absolute Gasteiger partial charge is 0.373 e. The lowest BCUT2D eigenvalue weighted by Crippen LogP contribution is -2.30. The normalized spacial score (nSPS) is 16.3. The van der Waals surface area contributed by atoms with Crippen molar-refractivity contribution in [3.05, 3.63) is 22.6 Å². The molecule has 1 fully saturated rings. The molecule has 112 valence electrons. The predicted molar refractivity (Wildman–Crippen MR) is 82.3 cm³/mol. The van der Waals surface area contributed by atoms with Crippen LogP contribution in [-0.2, 0) is 6.54 Å². The molecule has 1 aliphatic heterocycles. The number of hydrogen-bond donors (Lipinski definition) is 1. The first kappa shape index (κ1) is 15.0. The number of hydrogen-bond acceptors (Lipinski definition) is 4. The number of nitrogens with one attached hydrogen (secondary N) is 1. The first-order valence-electron chi connectivity index (χ1n) is 7.69. The molecule has 5 nitrogen and oxygen atoms in total. The Bertz CT molecular complexity index is 465. The molecule has 2 rings (SSSR count). The molecule has 1 aromatic rings. The molecule has 0 atom stereocenters. The summed E-state index contributed by atoms with van der Waals surface area (Å²) in [7, 11) is 2.00. The standard InChI is InChI=1S/C15H26N4O/c1-3-9-18(2)14-11-15(20)19(17-12-14)10-6-13-4-7-16-8-5-13/h11-13,16H,3-10H2,1-2H3. The van der Waals surface area contributed by atoms with E-state index in [1.165, 1.54) is 12.8 Å². The van der Waals surface area contributed by atoms with Crippen molar-refractivity contribution < 1.29 is 0 Å². The molecule has 5 heteroatoms. The Balaban J connectivity index is 1.93. The highest BCUT2D eigenvalue weighted by Crippen LogP contribution is 2.16. The fourth-order valence-corrected chi connectivity index (χ4v) is 2.74. The van der Waals surface area contributed by atoms with E-state index >= 15 is 0 Å². The number of rotatable bonds is 6. The molecule has 0 aromatic carbocycles.